The number of aromatic nitrogens is 2. The molecule has 0 saturated carbocycles. The lowest BCUT2D eigenvalue weighted by Gasteiger charge is -2.25. The third-order valence-electron chi connectivity index (χ3n) is 4.75. The van der Waals surface area contributed by atoms with Crippen molar-refractivity contribution in [3.63, 3.8) is 0 Å². The second-order valence-corrected chi connectivity index (χ2v) is 8.49. The van der Waals surface area contributed by atoms with Crippen molar-refractivity contribution >= 4 is 15.9 Å². The highest BCUT2D eigenvalue weighted by Gasteiger charge is 2.33. The van der Waals surface area contributed by atoms with Gasteiger partial charge in [-0.25, -0.2) is 8.42 Å². The maximum atomic E-state index is 13.1. The number of rotatable bonds is 5. The highest BCUT2D eigenvalue weighted by molar-refractivity contribution is 7.89. The van der Waals surface area contributed by atoms with Gasteiger partial charge in [0.25, 0.3) is 5.91 Å². The molecule has 0 bridgehead atoms. The Morgan fingerprint density at radius 3 is 2.48 bits per heavy atom. The minimum absolute atomic E-state index is 0.131. The van der Waals surface area contributed by atoms with Crippen molar-refractivity contribution < 1.29 is 17.9 Å². The van der Waals surface area contributed by atoms with Crippen molar-refractivity contribution in [3.05, 3.63) is 41.2 Å². The topological polar surface area (TPSA) is 81.5 Å². The number of benzene rings is 1. The fourth-order valence-corrected chi connectivity index (χ4v) is 5.34. The number of para-hydroxylation sites is 1. The molecule has 0 atom stereocenters. The molecule has 0 amide bonds. The van der Waals surface area contributed by atoms with Crippen molar-refractivity contribution in [1.82, 2.24) is 14.1 Å². The Bertz CT molecular complexity index is 944. The van der Waals surface area contributed by atoms with Gasteiger partial charge in [-0.15, -0.1) is 0 Å². The summed E-state index contributed by atoms with van der Waals surface area (Å²) in [7, 11) is -3.67. The van der Waals surface area contributed by atoms with E-state index in [1.807, 2.05) is 6.92 Å². The molecule has 0 spiro atoms. The Hall–Kier alpha value is -2.19. The summed E-state index contributed by atoms with van der Waals surface area (Å²) in [4.78, 5) is 13.2. The lowest BCUT2D eigenvalue weighted by atomic mass is 10.2. The van der Waals surface area contributed by atoms with Crippen LogP contribution in [0.5, 0.6) is 5.75 Å². The first-order valence-electron chi connectivity index (χ1n) is 9.20. The third kappa shape index (κ3) is 3.64. The Morgan fingerprint density at radius 1 is 1.15 bits per heavy atom. The minimum Gasteiger partial charge on any atom is -0.493 e. The molecule has 8 heteroatoms. The summed E-state index contributed by atoms with van der Waals surface area (Å²) in [6.45, 7) is 6.53. The van der Waals surface area contributed by atoms with E-state index in [9.17, 15) is 13.2 Å². The maximum absolute atomic E-state index is 13.1. The lowest BCUT2D eigenvalue weighted by molar-refractivity contribution is 0.0938. The van der Waals surface area contributed by atoms with Gasteiger partial charge in [-0.3, -0.25) is 4.79 Å². The Morgan fingerprint density at radius 2 is 1.81 bits per heavy atom. The molecule has 146 valence electrons. The number of nitrogens with zero attached hydrogens (tertiary/aromatic N) is 3. The molecule has 0 aliphatic carbocycles. The summed E-state index contributed by atoms with van der Waals surface area (Å²) < 4.78 is 34.4. The van der Waals surface area contributed by atoms with Gasteiger partial charge < -0.3 is 4.74 Å². The van der Waals surface area contributed by atoms with Crippen LogP contribution in [-0.4, -0.2) is 48.1 Å². The zero-order valence-corrected chi connectivity index (χ0v) is 16.8. The summed E-state index contributed by atoms with van der Waals surface area (Å²) >= 11 is 0. The van der Waals surface area contributed by atoms with Crippen LogP contribution in [0.1, 0.15) is 47.9 Å². The summed E-state index contributed by atoms with van der Waals surface area (Å²) in [5.41, 5.74) is 1.02. The second kappa shape index (κ2) is 7.82. The molecule has 1 aliphatic rings. The van der Waals surface area contributed by atoms with Crippen LogP contribution >= 0.6 is 0 Å². The molecular formula is C19H25N3O4S. The van der Waals surface area contributed by atoms with Gasteiger partial charge in [0.05, 0.1) is 23.6 Å². The first-order chi connectivity index (χ1) is 12.9. The third-order valence-corrected chi connectivity index (χ3v) is 6.90. The van der Waals surface area contributed by atoms with Gasteiger partial charge in [-0.2, -0.15) is 14.1 Å². The van der Waals surface area contributed by atoms with Crippen LogP contribution in [0.15, 0.2) is 29.2 Å². The fraction of sp³-hybridized carbons (Fsp3) is 0.474. The normalized spacial score (nSPS) is 15.7. The molecule has 1 aliphatic heterocycles. The molecule has 1 saturated heterocycles. The first-order valence-corrected chi connectivity index (χ1v) is 10.6. The Kier molecular flexibility index (Phi) is 5.67. The molecule has 1 fully saturated rings. The largest absolute Gasteiger partial charge is 0.493 e. The summed E-state index contributed by atoms with van der Waals surface area (Å²) in [5.74, 6) is 0.0535. The van der Waals surface area contributed by atoms with E-state index < -0.39 is 15.9 Å². The van der Waals surface area contributed by atoms with E-state index >= 15 is 0 Å². The molecule has 0 N–H and O–H groups in total. The van der Waals surface area contributed by atoms with E-state index in [0.717, 1.165) is 19.3 Å². The number of sulfonamides is 1. The molecule has 3 rings (SSSR count). The average Bonchev–Trinajstić information content (AvgIpc) is 2.97. The highest BCUT2D eigenvalue weighted by Crippen LogP contribution is 2.27. The number of piperidine rings is 1. The standard InChI is InChI=1S/C19H25N3O4S/c1-4-26-17-11-7-6-10-16(17)19(23)22-15(3)18(14(2)20-22)27(24,25)21-12-8-5-9-13-21/h6-7,10-11H,4-5,8-9,12-13H2,1-3H3. The average molecular weight is 391 g/mol. The molecule has 27 heavy (non-hydrogen) atoms. The van der Waals surface area contributed by atoms with Crippen LogP contribution < -0.4 is 4.74 Å². The molecule has 2 heterocycles. The molecule has 7 nitrogen and oxygen atoms in total. The zero-order chi connectivity index (χ0) is 19.6. The number of aryl methyl sites for hydroxylation is 1. The number of carbonyl (C=O) groups is 1. The van der Waals surface area contributed by atoms with Crippen molar-refractivity contribution in [1.29, 1.82) is 0 Å². The first kappa shape index (κ1) is 19.6. The van der Waals surface area contributed by atoms with E-state index in [0.29, 0.717) is 42.4 Å². The number of carbonyl (C=O) groups excluding carboxylic acids is 1. The predicted octanol–water partition coefficient (Wildman–Crippen LogP) is 2.76. The van der Waals surface area contributed by atoms with E-state index in [1.54, 1.807) is 38.1 Å². The highest BCUT2D eigenvalue weighted by atomic mass is 32.2. The van der Waals surface area contributed by atoms with Crippen LogP contribution in [0.2, 0.25) is 0 Å². The van der Waals surface area contributed by atoms with Crippen LogP contribution in [0, 0.1) is 13.8 Å². The molecule has 1 aromatic heterocycles. The van der Waals surface area contributed by atoms with Gasteiger partial charge in [-0.1, -0.05) is 18.6 Å². The summed E-state index contributed by atoms with van der Waals surface area (Å²) in [6.07, 6.45) is 2.74. The molecule has 2 aromatic rings. The van der Waals surface area contributed by atoms with E-state index in [4.69, 9.17) is 4.74 Å². The van der Waals surface area contributed by atoms with Crippen molar-refractivity contribution in [3.8, 4) is 5.75 Å². The summed E-state index contributed by atoms with van der Waals surface area (Å²) in [6, 6.07) is 6.90. The fourth-order valence-electron chi connectivity index (χ4n) is 3.47. The minimum atomic E-state index is -3.67. The smallest absolute Gasteiger partial charge is 0.282 e. The van der Waals surface area contributed by atoms with E-state index in [2.05, 4.69) is 5.10 Å². The quantitative estimate of drug-likeness (QED) is 0.783. The van der Waals surface area contributed by atoms with Gasteiger partial charge in [-0.05, 0) is 45.7 Å². The summed E-state index contributed by atoms with van der Waals surface area (Å²) in [5, 5.41) is 4.25. The van der Waals surface area contributed by atoms with Gasteiger partial charge in [0.2, 0.25) is 10.0 Å². The molecular weight excluding hydrogens is 366 g/mol. The van der Waals surface area contributed by atoms with E-state index in [1.165, 1.54) is 8.99 Å². The lowest BCUT2D eigenvalue weighted by Crippen LogP contribution is -2.36. The predicted molar refractivity (Wildman–Crippen MR) is 102 cm³/mol. The van der Waals surface area contributed by atoms with Crippen molar-refractivity contribution in [2.24, 2.45) is 0 Å². The SMILES string of the molecule is CCOc1ccccc1C(=O)n1nc(C)c(S(=O)(=O)N2CCCCC2)c1C. The molecule has 1 aromatic carbocycles. The zero-order valence-electron chi connectivity index (χ0n) is 15.9. The second-order valence-electron chi connectivity index (χ2n) is 6.61. The Balaban J connectivity index is 2.03. The van der Waals surface area contributed by atoms with Gasteiger partial charge in [0.15, 0.2) is 0 Å². The number of hydrogen-bond acceptors (Lipinski definition) is 5. The van der Waals surface area contributed by atoms with Gasteiger partial charge in [0.1, 0.15) is 10.6 Å². The van der Waals surface area contributed by atoms with Crippen molar-refractivity contribution in [2.75, 3.05) is 19.7 Å². The maximum Gasteiger partial charge on any atom is 0.282 e. The monoisotopic (exact) mass is 391 g/mol. The van der Waals surface area contributed by atoms with Crippen LogP contribution in [0.3, 0.4) is 0 Å². The van der Waals surface area contributed by atoms with Crippen molar-refractivity contribution in [2.45, 2.75) is 44.9 Å². The molecule has 0 unspecified atom stereocenters. The van der Waals surface area contributed by atoms with E-state index in [-0.39, 0.29) is 4.90 Å². The van der Waals surface area contributed by atoms with Crippen LogP contribution in [0.4, 0.5) is 0 Å². The van der Waals surface area contributed by atoms with Gasteiger partial charge >= 0.3 is 0 Å². The molecule has 0 radical (unpaired) electrons. The number of ether oxygens (including phenoxy) is 1. The van der Waals surface area contributed by atoms with Gasteiger partial charge in [0, 0.05) is 13.1 Å². The van der Waals surface area contributed by atoms with Crippen LogP contribution in [-0.2, 0) is 10.0 Å². The van der Waals surface area contributed by atoms with Crippen LogP contribution in [0.25, 0.3) is 0 Å². The Labute approximate surface area is 160 Å². The number of hydrogen-bond donors (Lipinski definition) is 0.